The molecular formula is C19H23N3O2. The van der Waals surface area contributed by atoms with E-state index in [0.717, 1.165) is 48.5 Å². The third-order valence-electron chi connectivity index (χ3n) is 4.28. The van der Waals surface area contributed by atoms with Gasteiger partial charge in [0.15, 0.2) is 0 Å². The molecule has 126 valence electrons. The Hall–Kier alpha value is -2.40. The van der Waals surface area contributed by atoms with Gasteiger partial charge in [-0.2, -0.15) is 0 Å². The maximum Gasteiger partial charge on any atom is 0.257 e. The number of para-hydroxylation sites is 1. The monoisotopic (exact) mass is 325 g/mol. The summed E-state index contributed by atoms with van der Waals surface area (Å²) in [7, 11) is 0. The number of rotatable bonds is 5. The Kier molecular flexibility index (Phi) is 5.11. The molecule has 2 heterocycles. The van der Waals surface area contributed by atoms with Crippen molar-refractivity contribution in [2.45, 2.75) is 32.8 Å². The Morgan fingerprint density at radius 3 is 2.79 bits per heavy atom. The van der Waals surface area contributed by atoms with Gasteiger partial charge in [-0.15, -0.1) is 0 Å². The first-order valence-corrected chi connectivity index (χ1v) is 8.31. The number of hydrogen-bond acceptors (Lipinski definition) is 4. The van der Waals surface area contributed by atoms with E-state index in [-0.39, 0.29) is 12.0 Å². The lowest BCUT2D eigenvalue weighted by molar-refractivity contribution is 0.102. The van der Waals surface area contributed by atoms with Crippen molar-refractivity contribution in [3.8, 4) is 0 Å². The van der Waals surface area contributed by atoms with Crippen molar-refractivity contribution in [1.29, 1.82) is 0 Å². The molecule has 5 nitrogen and oxygen atoms in total. The van der Waals surface area contributed by atoms with Crippen molar-refractivity contribution < 1.29 is 9.53 Å². The lowest BCUT2D eigenvalue weighted by Gasteiger charge is -2.13. The minimum Gasteiger partial charge on any atom is -0.381 e. The highest BCUT2D eigenvalue weighted by Crippen LogP contribution is 2.21. The van der Waals surface area contributed by atoms with Crippen LogP contribution in [0.5, 0.6) is 0 Å². The van der Waals surface area contributed by atoms with Gasteiger partial charge in [0, 0.05) is 31.2 Å². The van der Waals surface area contributed by atoms with Crippen LogP contribution in [0.15, 0.2) is 36.7 Å². The molecule has 0 radical (unpaired) electrons. The number of amides is 1. The number of benzene rings is 1. The molecular weight excluding hydrogens is 302 g/mol. The molecule has 0 spiro atoms. The lowest BCUT2D eigenvalue weighted by Crippen LogP contribution is -2.19. The van der Waals surface area contributed by atoms with Gasteiger partial charge < -0.3 is 15.4 Å². The number of aryl methyl sites for hydroxylation is 2. The fourth-order valence-electron chi connectivity index (χ4n) is 2.90. The highest BCUT2D eigenvalue weighted by atomic mass is 16.5. The number of anilines is 2. The van der Waals surface area contributed by atoms with Crippen LogP contribution in [-0.4, -0.2) is 30.1 Å². The molecule has 1 unspecified atom stereocenters. The van der Waals surface area contributed by atoms with E-state index >= 15 is 0 Å². The zero-order valence-electron chi connectivity index (χ0n) is 14.1. The van der Waals surface area contributed by atoms with Crippen LogP contribution in [0.25, 0.3) is 0 Å². The minimum atomic E-state index is -0.152. The van der Waals surface area contributed by atoms with Gasteiger partial charge in [0.25, 0.3) is 5.91 Å². The van der Waals surface area contributed by atoms with Gasteiger partial charge >= 0.3 is 0 Å². The predicted octanol–water partition coefficient (Wildman–Crippen LogP) is 3.54. The molecule has 5 heteroatoms. The van der Waals surface area contributed by atoms with Crippen LogP contribution in [0, 0.1) is 13.8 Å². The van der Waals surface area contributed by atoms with Gasteiger partial charge in [-0.25, -0.2) is 0 Å². The molecule has 2 aromatic rings. The fourth-order valence-corrected chi connectivity index (χ4v) is 2.90. The number of ether oxygens (including phenoxy) is 1. The van der Waals surface area contributed by atoms with Gasteiger partial charge in [0.05, 0.1) is 17.4 Å². The Balaban J connectivity index is 1.67. The van der Waals surface area contributed by atoms with Crippen LogP contribution in [-0.2, 0) is 4.74 Å². The number of carbonyl (C=O) groups excluding carboxylic acids is 1. The van der Waals surface area contributed by atoms with Gasteiger partial charge in [0.2, 0.25) is 0 Å². The van der Waals surface area contributed by atoms with Crippen molar-refractivity contribution in [3.63, 3.8) is 0 Å². The van der Waals surface area contributed by atoms with Crippen LogP contribution in [0.3, 0.4) is 0 Å². The van der Waals surface area contributed by atoms with Crippen LogP contribution in [0.4, 0.5) is 11.4 Å². The number of pyridine rings is 1. The minimum absolute atomic E-state index is 0.152. The molecule has 1 atom stereocenters. The largest absolute Gasteiger partial charge is 0.381 e. The molecule has 1 saturated heterocycles. The molecule has 0 aliphatic carbocycles. The van der Waals surface area contributed by atoms with Crippen molar-refractivity contribution in [2.75, 3.05) is 23.8 Å². The number of nitrogens with one attached hydrogen (secondary N) is 2. The van der Waals surface area contributed by atoms with Crippen LogP contribution in [0.1, 0.15) is 34.3 Å². The number of hydrogen-bond donors (Lipinski definition) is 2. The summed E-state index contributed by atoms with van der Waals surface area (Å²) >= 11 is 0. The second-order valence-corrected chi connectivity index (χ2v) is 6.20. The van der Waals surface area contributed by atoms with E-state index in [4.69, 9.17) is 4.74 Å². The summed E-state index contributed by atoms with van der Waals surface area (Å²) in [6, 6.07) is 7.78. The Bertz CT molecular complexity index is 704. The quantitative estimate of drug-likeness (QED) is 0.882. The molecule has 0 bridgehead atoms. The van der Waals surface area contributed by atoms with E-state index in [2.05, 4.69) is 15.6 Å². The fraction of sp³-hybridized carbons (Fsp3) is 0.368. The molecule has 1 aromatic heterocycles. The predicted molar refractivity (Wildman–Crippen MR) is 95.6 cm³/mol. The van der Waals surface area contributed by atoms with Gasteiger partial charge in [-0.05, 0) is 43.9 Å². The summed E-state index contributed by atoms with van der Waals surface area (Å²) in [5.41, 5.74) is 4.32. The first-order chi connectivity index (χ1) is 11.6. The number of carbonyl (C=O) groups is 1. The number of nitrogens with zero attached hydrogens (tertiary/aromatic N) is 1. The lowest BCUT2D eigenvalue weighted by atomic mass is 10.1. The van der Waals surface area contributed by atoms with Crippen molar-refractivity contribution >= 4 is 17.3 Å². The Morgan fingerprint density at radius 2 is 2.08 bits per heavy atom. The standard InChI is InChI=1S/C19H23N3O2/c1-13-5-3-6-14(2)18(13)22-19(23)15-9-16(11-20-10-15)21-12-17-7-4-8-24-17/h3,5-6,9-11,17,21H,4,7-8,12H2,1-2H3,(H,22,23). The average Bonchev–Trinajstić information content (AvgIpc) is 3.10. The first-order valence-electron chi connectivity index (χ1n) is 8.31. The van der Waals surface area contributed by atoms with Gasteiger partial charge in [0.1, 0.15) is 0 Å². The highest BCUT2D eigenvalue weighted by Gasteiger charge is 2.15. The molecule has 1 amide bonds. The summed E-state index contributed by atoms with van der Waals surface area (Å²) in [5, 5.41) is 6.29. The third-order valence-corrected chi connectivity index (χ3v) is 4.28. The molecule has 0 saturated carbocycles. The second-order valence-electron chi connectivity index (χ2n) is 6.20. The third kappa shape index (κ3) is 3.92. The molecule has 2 N–H and O–H groups in total. The molecule has 1 aromatic carbocycles. The van der Waals surface area contributed by atoms with Crippen LogP contribution in [0.2, 0.25) is 0 Å². The molecule has 1 aliphatic heterocycles. The van der Waals surface area contributed by atoms with E-state index in [1.165, 1.54) is 0 Å². The summed E-state index contributed by atoms with van der Waals surface area (Å²) in [5.74, 6) is -0.152. The van der Waals surface area contributed by atoms with E-state index in [1.54, 1.807) is 12.4 Å². The molecule has 1 fully saturated rings. The van der Waals surface area contributed by atoms with E-state index in [0.29, 0.717) is 5.56 Å². The topological polar surface area (TPSA) is 63.2 Å². The normalized spacial score (nSPS) is 16.8. The SMILES string of the molecule is Cc1cccc(C)c1NC(=O)c1cncc(NCC2CCCO2)c1. The zero-order chi connectivity index (χ0) is 16.9. The van der Waals surface area contributed by atoms with Crippen LogP contribution < -0.4 is 10.6 Å². The van der Waals surface area contributed by atoms with Crippen LogP contribution >= 0.6 is 0 Å². The maximum atomic E-state index is 12.5. The Labute approximate surface area is 142 Å². The summed E-state index contributed by atoms with van der Waals surface area (Å²) < 4.78 is 5.60. The zero-order valence-corrected chi connectivity index (χ0v) is 14.1. The molecule has 3 rings (SSSR count). The summed E-state index contributed by atoms with van der Waals surface area (Å²) in [4.78, 5) is 16.7. The molecule has 1 aliphatic rings. The van der Waals surface area contributed by atoms with Gasteiger partial charge in [-0.1, -0.05) is 18.2 Å². The molecule has 24 heavy (non-hydrogen) atoms. The van der Waals surface area contributed by atoms with E-state index in [1.807, 2.05) is 38.1 Å². The average molecular weight is 325 g/mol. The maximum absolute atomic E-state index is 12.5. The van der Waals surface area contributed by atoms with Crippen molar-refractivity contribution in [3.05, 3.63) is 53.3 Å². The van der Waals surface area contributed by atoms with E-state index < -0.39 is 0 Å². The van der Waals surface area contributed by atoms with Crippen molar-refractivity contribution in [1.82, 2.24) is 4.98 Å². The second kappa shape index (κ2) is 7.45. The summed E-state index contributed by atoms with van der Waals surface area (Å²) in [6.45, 7) is 5.55. The number of aromatic nitrogens is 1. The van der Waals surface area contributed by atoms with Gasteiger partial charge in [-0.3, -0.25) is 9.78 Å². The Morgan fingerprint density at radius 1 is 1.29 bits per heavy atom. The first kappa shape index (κ1) is 16.5. The van der Waals surface area contributed by atoms with Crippen molar-refractivity contribution in [2.24, 2.45) is 0 Å². The highest BCUT2D eigenvalue weighted by molar-refractivity contribution is 6.05. The summed E-state index contributed by atoms with van der Waals surface area (Å²) in [6.07, 6.45) is 5.75. The van der Waals surface area contributed by atoms with E-state index in [9.17, 15) is 4.79 Å². The smallest absolute Gasteiger partial charge is 0.257 e.